The van der Waals surface area contributed by atoms with Crippen molar-refractivity contribution in [3.63, 3.8) is 0 Å². The lowest BCUT2D eigenvalue weighted by molar-refractivity contribution is -0.137. The number of rotatable bonds is 8. The first-order chi connectivity index (χ1) is 15.4. The molecule has 2 saturated heterocycles. The lowest BCUT2D eigenvalue weighted by Crippen LogP contribution is -2.56. The molecule has 2 saturated carbocycles. The van der Waals surface area contributed by atoms with Gasteiger partial charge in [-0.1, -0.05) is 25.3 Å². The summed E-state index contributed by atoms with van der Waals surface area (Å²) in [6.45, 7) is 4.88. The van der Waals surface area contributed by atoms with Gasteiger partial charge in [0.2, 0.25) is 0 Å². The Hall–Kier alpha value is -1.64. The van der Waals surface area contributed by atoms with E-state index >= 15 is 0 Å². The number of epoxide rings is 2. The molecule has 0 aromatic carbocycles. The molecular weight excluding hydrogens is 414 g/mol. The number of ether oxygens (including phenoxy) is 5. The van der Waals surface area contributed by atoms with Gasteiger partial charge in [0.25, 0.3) is 0 Å². The number of nitrogens with one attached hydrogen (secondary N) is 1. The van der Waals surface area contributed by atoms with Gasteiger partial charge < -0.3 is 29.0 Å². The summed E-state index contributed by atoms with van der Waals surface area (Å²) in [4.78, 5) is 24.2. The SMILES string of the molecule is CCOC(=O)C=CCC1OC1(C)C1C(OC)C(OC(=O)NC2CCCCC2)CCC12CO2. The summed E-state index contributed by atoms with van der Waals surface area (Å²) >= 11 is 0. The number of carbonyl (C=O) groups excluding carboxylic acids is 2. The lowest BCUT2D eigenvalue weighted by Gasteiger charge is -2.42. The molecule has 2 aliphatic carbocycles. The summed E-state index contributed by atoms with van der Waals surface area (Å²) in [6.07, 6.45) is 9.87. The van der Waals surface area contributed by atoms with E-state index in [2.05, 4.69) is 12.2 Å². The maximum Gasteiger partial charge on any atom is 0.407 e. The molecule has 8 heteroatoms. The highest BCUT2D eigenvalue weighted by Crippen LogP contribution is 2.59. The highest BCUT2D eigenvalue weighted by Gasteiger charge is 2.72. The van der Waals surface area contributed by atoms with E-state index < -0.39 is 5.60 Å². The van der Waals surface area contributed by atoms with E-state index in [4.69, 9.17) is 23.7 Å². The molecule has 2 aliphatic heterocycles. The molecule has 180 valence electrons. The van der Waals surface area contributed by atoms with Crippen molar-refractivity contribution in [1.29, 1.82) is 0 Å². The number of hydrogen-bond acceptors (Lipinski definition) is 7. The van der Waals surface area contributed by atoms with E-state index in [0.29, 0.717) is 26.1 Å². The molecule has 6 unspecified atom stereocenters. The van der Waals surface area contributed by atoms with Crippen LogP contribution < -0.4 is 5.32 Å². The van der Waals surface area contributed by atoms with E-state index in [1.54, 1.807) is 20.1 Å². The molecule has 4 aliphatic rings. The molecule has 0 aromatic heterocycles. The predicted octanol–water partition coefficient (Wildman–Crippen LogP) is 3.27. The van der Waals surface area contributed by atoms with Crippen LogP contribution in [0.3, 0.4) is 0 Å². The van der Waals surface area contributed by atoms with E-state index in [1.165, 1.54) is 12.5 Å². The Labute approximate surface area is 190 Å². The van der Waals surface area contributed by atoms with Crippen LogP contribution in [0.15, 0.2) is 12.2 Å². The average Bonchev–Trinajstić information content (AvgIpc) is 3.68. The Balaban J connectivity index is 1.38. The first kappa shape index (κ1) is 23.5. The fourth-order valence-electron chi connectivity index (χ4n) is 5.79. The standard InChI is InChI=1S/C24H37NO7/c1-4-29-19(26)12-8-11-18-23(2,32-18)21-20(28-3)17(13-14-24(21)15-30-24)31-22(27)25-16-9-6-5-7-10-16/h8,12,16-18,20-21H,4-7,9-11,13-15H2,1-3H3,(H,25,27). The highest BCUT2D eigenvalue weighted by molar-refractivity contribution is 5.81. The fourth-order valence-corrected chi connectivity index (χ4v) is 5.79. The number of esters is 1. The second-order valence-corrected chi connectivity index (χ2v) is 9.67. The van der Waals surface area contributed by atoms with Crippen LogP contribution in [0.5, 0.6) is 0 Å². The number of hydrogen-bond donors (Lipinski definition) is 1. The third kappa shape index (κ3) is 4.97. The zero-order valence-corrected chi connectivity index (χ0v) is 19.5. The molecule has 4 fully saturated rings. The molecule has 8 nitrogen and oxygen atoms in total. The quantitative estimate of drug-likeness (QED) is 0.343. The molecule has 4 rings (SSSR count). The smallest absolute Gasteiger partial charge is 0.407 e. The maximum absolute atomic E-state index is 12.6. The summed E-state index contributed by atoms with van der Waals surface area (Å²) in [5.41, 5.74) is -0.743. The van der Waals surface area contributed by atoms with Crippen LogP contribution in [0.25, 0.3) is 0 Å². The van der Waals surface area contributed by atoms with Gasteiger partial charge >= 0.3 is 12.1 Å². The normalized spacial score (nSPS) is 39.1. The van der Waals surface area contributed by atoms with Crippen LogP contribution >= 0.6 is 0 Å². The van der Waals surface area contributed by atoms with Gasteiger partial charge in [-0.3, -0.25) is 0 Å². The van der Waals surface area contributed by atoms with Gasteiger partial charge in [0.05, 0.1) is 25.2 Å². The van der Waals surface area contributed by atoms with E-state index in [-0.39, 0.29) is 47.9 Å². The van der Waals surface area contributed by atoms with Gasteiger partial charge in [0.15, 0.2) is 0 Å². The highest BCUT2D eigenvalue weighted by atomic mass is 16.6. The topological polar surface area (TPSA) is 98.9 Å². The maximum atomic E-state index is 12.6. The fraction of sp³-hybridized carbons (Fsp3) is 0.833. The molecule has 6 atom stereocenters. The van der Waals surface area contributed by atoms with Crippen molar-refractivity contribution >= 4 is 12.1 Å². The largest absolute Gasteiger partial charge is 0.463 e. The Bertz CT molecular complexity index is 715. The van der Waals surface area contributed by atoms with Crippen LogP contribution in [0.1, 0.15) is 65.2 Å². The molecule has 0 radical (unpaired) electrons. The summed E-state index contributed by atoms with van der Waals surface area (Å²) in [5.74, 6) is -0.399. The van der Waals surface area contributed by atoms with Gasteiger partial charge in [-0.25, -0.2) is 9.59 Å². The monoisotopic (exact) mass is 451 g/mol. The van der Waals surface area contributed by atoms with Crippen LogP contribution in [0.4, 0.5) is 4.79 Å². The van der Waals surface area contributed by atoms with Crippen LogP contribution in [-0.4, -0.2) is 67.9 Å². The predicted molar refractivity (Wildman–Crippen MR) is 116 cm³/mol. The summed E-state index contributed by atoms with van der Waals surface area (Å²) in [5, 5.41) is 3.04. The third-order valence-electron chi connectivity index (χ3n) is 7.57. The number of amides is 1. The van der Waals surface area contributed by atoms with E-state index in [0.717, 1.165) is 32.1 Å². The molecule has 0 bridgehead atoms. The van der Waals surface area contributed by atoms with Gasteiger partial charge in [0.1, 0.15) is 23.4 Å². The van der Waals surface area contributed by atoms with Gasteiger partial charge in [-0.2, -0.15) is 0 Å². The van der Waals surface area contributed by atoms with Crippen LogP contribution in [0.2, 0.25) is 0 Å². The first-order valence-electron chi connectivity index (χ1n) is 12.1. The van der Waals surface area contributed by atoms with Gasteiger partial charge in [-0.05, 0) is 46.0 Å². The zero-order chi connectivity index (χ0) is 22.8. The van der Waals surface area contributed by atoms with E-state index in [9.17, 15) is 9.59 Å². The van der Waals surface area contributed by atoms with Crippen molar-refractivity contribution in [2.24, 2.45) is 5.92 Å². The Morgan fingerprint density at radius 1 is 1.19 bits per heavy atom. The van der Waals surface area contributed by atoms with Crippen molar-refractivity contribution in [1.82, 2.24) is 5.32 Å². The van der Waals surface area contributed by atoms with Crippen molar-refractivity contribution < 1.29 is 33.3 Å². The lowest BCUT2D eigenvalue weighted by atomic mass is 9.68. The number of carbonyl (C=O) groups is 2. The Morgan fingerprint density at radius 3 is 2.59 bits per heavy atom. The molecule has 1 amide bonds. The molecular formula is C24H37NO7. The molecule has 1 spiro atoms. The molecule has 1 N–H and O–H groups in total. The minimum atomic E-state index is -0.460. The zero-order valence-electron chi connectivity index (χ0n) is 19.5. The minimum Gasteiger partial charge on any atom is -0.463 e. The van der Waals surface area contributed by atoms with Gasteiger partial charge in [-0.15, -0.1) is 0 Å². The van der Waals surface area contributed by atoms with Crippen LogP contribution in [0, 0.1) is 5.92 Å². The second-order valence-electron chi connectivity index (χ2n) is 9.67. The average molecular weight is 452 g/mol. The van der Waals surface area contributed by atoms with Crippen LogP contribution in [-0.2, 0) is 28.5 Å². The Morgan fingerprint density at radius 2 is 1.94 bits per heavy atom. The first-order valence-corrected chi connectivity index (χ1v) is 12.1. The second kappa shape index (κ2) is 9.69. The van der Waals surface area contributed by atoms with Crippen molar-refractivity contribution in [3.05, 3.63) is 12.2 Å². The summed E-state index contributed by atoms with van der Waals surface area (Å²) < 4.78 is 28.8. The number of methoxy groups -OCH3 is 1. The van der Waals surface area contributed by atoms with Crippen molar-refractivity contribution in [2.45, 2.75) is 101 Å². The summed E-state index contributed by atoms with van der Waals surface area (Å²) in [6, 6.07) is 0.203. The minimum absolute atomic E-state index is 0.0493. The van der Waals surface area contributed by atoms with Crippen molar-refractivity contribution in [2.75, 3.05) is 20.3 Å². The Kier molecular flexibility index (Phi) is 7.12. The van der Waals surface area contributed by atoms with E-state index in [1.807, 2.05) is 0 Å². The third-order valence-corrected chi connectivity index (χ3v) is 7.57. The number of alkyl carbamates (subject to hydrolysis) is 1. The molecule has 2 heterocycles. The summed E-state index contributed by atoms with van der Waals surface area (Å²) in [7, 11) is 1.66. The molecule has 0 aromatic rings. The van der Waals surface area contributed by atoms with Crippen molar-refractivity contribution in [3.8, 4) is 0 Å². The van der Waals surface area contributed by atoms with Gasteiger partial charge in [0, 0.05) is 19.2 Å². The molecule has 32 heavy (non-hydrogen) atoms.